The highest BCUT2D eigenvalue weighted by Crippen LogP contribution is 2.35. The van der Waals surface area contributed by atoms with Gasteiger partial charge in [-0.2, -0.15) is 0 Å². The fourth-order valence-electron chi connectivity index (χ4n) is 0.272. The Morgan fingerprint density at radius 3 is 1.10 bits per heavy atom. The molecule has 0 bridgehead atoms. The first-order chi connectivity index (χ1) is 4.37. The molecule has 0 saturated heterocycles. The van der Waals surface area contributed by atoms with E-state index in [9.17, 15) is 0 Å². The van der Waals surface area contributed by atoms with Gasteiger partial charge < -0.3 is 0 Å². The zero-order valence-corrected chi connectivity index (χ0v) is 10.1. The van der Waals surface area contributed by atoms with Crippen molar-refractivity contribution in [2.45, 2.75) is 0 Å². The highest BCUT2D eigenvalue weighted by molar-refractivity contribution is 7.95. The Bertz CT molecular complexity index is 135. The van der Waals surface area contributed by atoms with Gasteiger partial charge in [0.15, 0.2) is 0 Å². The number of hydrogen-bond acceptors (Lipinski definition) is 0. The van der Waals surface area contributed by atoms with Crippen LogP contribution in [0.5, 0.6) is 0 Å². The summed E-state index contributed by atoms with van der Waals surface area (Å²) in [6, 6.07) is 0. The lowest BCUT2D eigenvalue weighted by molar-refractivity contribution is 2.46. The van der Waals surface area contributed by atoms with Crippen LogP contribution in [0.4, 0.5) is 0 Å². The molecule has 0 aromatic carbocycles. The minimum atomic E-state index is -2.64. The van der Waals surface area contributed by atoms with Crippen LogP contribution >= 0.6 is 44.3 Å². The van der Waals surface area contributed by atoms with Crippen molar-refractivity contribution in [3.8, 4) is 0 Å². The molecule has 0 aliphatic carbocycles. The first-order valence-electron chi connectivity index (χ1n) is 2.40. The topological polar surface area (TPSA) is 0 Å². The van der Waals surface area contributed by atoms with Crippen molar-refractivity contribution < 1.29 is 0 Å². The van der Waals surface area contributed by atoms with Crippen molar-refractivity contribution in [1.82, 2.24) is 0 Å². The molecule has 0 aromatic rings. The van der Waals surface area contributed by atoms with Crippen LogP contribution in [0.2, 0.25) is 0 Å². The maximum absolute atomic E-state index is 5.83. The van der Waals surface area contributed by atoms with Crippen LogP contribution in [0.1, 0.15) is 0 Å². The van der Waals surface area contributed by atoms with Crippen LogP contribution in [-0.2, 0) is 0 Å². The van der Waals surface area contributed by atoms with Gasteiger partial charge >= 0.3 is 0 Å². The summed E-state index contributed by atoms with van der Waals surface area (Å²) < 4.78 is 0. The predicted molar refractivity (Wildman–Crippen MR) is 55.3 cm³/mol. The fraction of sp³-hybridized carbons (Fsp3) is 0. The van der Waals surface area contributed by atoms with Gasteiger partial charge in [0.2, 0.25) is 0 Å². The summed E-state index contributed by atoms with van der Waals surface area (Å²) in [7, 11) is 0. The molecule has 0 radical (unpaired) electrons. The lowest BCUT2D eigenvalue weighted by Crippen LogP contribution is -2.44. The van der Waals surface area contributed by atoms with Gasteiger partial charge in [-0.05, 0) is 0 Å². The molecule has 0 nitrogen and oxygen atoms in total. The molecule has 0 fully saturated rings. The molecule has 0 N–H and O–H groups in total. The Morgan fingerprint density at radius 2 is 1.00 bits per heavy atom. The first kappa shape index (κ1) is 11.1. The molecular weight excluding hydrogens is 246 g/mol. The van der Waals surface area contributed by atoms with Gasteiger partial charge in [-0.1, -0.05) is 11.4 Å². The standard InChI is InChI=1S/C4H6Cl4Si2/c1-3-9(5,6)10(7,8)4-2/h3-4H,1-2H2. The third kappa shape index (κ3) is 2.29. The van der Waals surface area contributed by atoms with Crippen molar-refractivity contribution in [3.63, 3.8) is 0 Å². The highest BCUT2D eigenvalue weighted by Gasteiger charge is 2.49. The lowest BCUT2D eigenvalue weighted by Gasteiger charge is -2.20. The monoisotopic (exact) mass is 250 g/mol. The van der Waals surface area contributed by atoms with Gasteiger partial charge in [0.25, 0.3) is 12.4 Å². The van der Waals surface area contributed by atoms with E-state index >= 15 is 0 Å². The molecule has 0 amide bonds. The van der Waals surface area contributed by atoms with Crippen LogP contribution in [-0.4, -0.2) is 12.4 Å². The van der Waals surface area contributed by atoms with Gasteiger partial charge in [-0.25, -0.2) is 0 Å². The van der Waals surface area contributed by atoms with Crippen molar-refractivity contribution in [3.05, 3.63) is 24.6 Å². The summed E-state index contributed by atoms with van der Waals surface area (Å²) in [6.45, 7) is 6.92. The van der Waals surface area contributed by atoms with Crippen LogP contribution < -0.4 is 0 Å². The van der Waals surface area contributed by atoms with E-state index in [-0.39, 0.29) is 0 Å². The SMILES string of the molecule is C=C[Si](Cl)(Cl)[Si](Cl)(Cl)C=C. The average Bonchev–Trinajstić information content (AvgIpc) is 1.88. The van der Waals surface area contributed by atoms with Crippen LogP contribution in [0, 0.1) is 0 Å². The summed E-state index contributed by atoms with van der Waals surface area (Å²) in [5, 5.41) is 0. The summed E-state index contributed by atoms with van der Waals surface area (Å²) in [5.74, 6) is 0. The summed E-state index contributed by atoms with van der Waals surface area (Å²) >= 11 is 23.3. The molecule has 0 aliphatic heterocycles. The van der Waals surface area contributed by atoms with Gasteiger partial charge in [-0.3, -0.25) is 0 Å². The van der Waals surface area contributed by atoms with Gasteiger partial charge in [0.1, 0.15) is 0 Å². The van der Waals surface area contributed by atoms with Gasteiger partial charge in [-0.15, -0.1) is 57.5 Å². The molecule has 0 heterocycles. The van der Waals surface area contributed by atoms with Crippen molar-refractivity contribution in [2.75, 3.05) is 0 Å². The van der Waals surface area contributed by atoms with E-state index in [1.54, 1.807) is 0 Å². The second-order valence-corrected chi connectivity index (χ2v) is 21.8. The second kappa shape index (κ2) is 3.65. The molecule has 0 spiro atoms. The maximum atomic E-state index is 5.83. The summed E-state index contributed by atoms with van der Waals surface area (Å²) in [6.07, 6.45) is -5.29. The normalized spacial score (nSPS) is 12.8. The number of hydrogen-bond donors (Lipinski definition) is 0. The Labute approximate surface area is 81.0 Å². The highest BCUT2D eigenvalue weighted by atomic mass is 35.8. The summed E-state index contributed by atoms with van der Waals surface area (Å²) in [4.78, 5) is 0. The van der Waals surface area contributed by atoms with Gasteiger partial charge in [0, 0.05) is 0 Å². The molecule has 0 atom stereocenters. The minimum Gasteiger partial charge on any atom is -0.141 e. The van der Waals surface area contributed by atoms with Crippen molar-refractivity contribution in [2.24, 2.45) is 0 Å². The molecule has 0 rings (SSSR count). The number of halogens is 4. The second-order valence-electron chi connectivity index (χ2n) is 1.65. The molecule has 0 saturated carbocycles. The van der Waals surface area contributed by atoms with E-state index in [2.05, 4.69) is 13.2 Å². The molecule has 6 heteroatoms. The average molecular weight is 252 g/mol. The third-order valence-corrected chi connectivity index (χ3v) is 22.8. The first-order valence-corrected chi connectivity index (χ1v) is 11.6. The molecule has 0 aliphatic rings. The fourth-order valence-corrected chi connectivity index (χ4v) is 5.23. The predicted octanol–water partition coefficient (Wildman–Crippen LogP) is 3.35. The smallest absolute Gasteiger partial charge is 0.141 e. The minimum absolute atomic E-state index is 1.45. The van der Waals surface area contributed by atoms with Crippen LogP contribution in [0.15, 0.2) is 24.6 Å². The molecule has 58 valence electrons. The van der Waals surface area contributed by atoms with Crippen LogP contribution in [0.25, 0.3) is 0 Å². The largest absolute Gasteiger partial charge is 0.299 e. The zero-order valence-electron chi connectivity index (χ0n) is 5.08. The van der Waals surface area contributed by atoms with E-state index in [1.807, 2.05) is 0 Å². The Kier molecular flexibility index (Phi) is 4.04. The summed E-state index contributed by atoms with van der Waals surface area (Å²) in [5.41, 5.74) is 2.90. The van der Waals surface area contributed by atoms with Gasteiger partial charge in [0.05, 0.1) is 0 Å². The Hall–Kier alpha value is 1.07. The zero-order chi connectivity index (χ0) is 8.41. The van der Waals surface area contributed by atoms with E-state index < -0.39 is 12.4 Å². The Morgan fingerprint density at radius 1 is 0.800 bits per heavy atom. The molecule has 10 heavy (non-hydrogen) atoms. The van der Waals surface area contributed by atoms with E-state index in [0.29, 0.717) is 0 Å². The van der Waals surface area contributed by atoms with Crippen molar-refractivity contribution >= 4 is 56.7 Å². The van der Waals surface area contributed by atoms with Crippen molar-refractivity contribution in [1.29, 1.82) is 0 Å². The van der Waals surface area contributed by atoms with E-state index in [1.165, 1.54) is 11.4 Å². The maximum Gasteiger partial charge on any atom is 0.299 e. The van der Waals surface area contributed by atoms with Crippen LogP contribution in [0.3, 0.4) is 0 Å². The quantitative estimate of drug-likeness (QED) is 0.533. The van der Waals surface area contributed by atoms with E-state index in [4.69, 9.17) is 44.3 Å². The molecule has 0 unspecified atom stereocenters. The lowest BCUT2D eigenvalue weighted by atomic mass is 11.3. The Balaban J connectivity index is 4.59. The molecular formula is C4H6Cl4Si2. The molecule has 0 aromatic heterocycles. The third-order valence-electron chi connectivity index (χ3n) is 0.957. The number of rotatable bonds is 3. The van der Waals surface area contributed by atoms with E-state index in [0.717, 1.165) is 0 Å².